The van der Waals surface area contributed by atoms with Gasteiger partial charge in [-0.3, -0.25) is 4.90 Å². The highest BCUT2D eigenvalue weighted by molar-refractivity contribution is 5.40. The van der Waals surface area contributed by atoms with Crippen molar-refractivity contribution in [3.8, 4) is 0 Å². The molecule has 3 heterocycles. The topological polar surface area (TPSA) is 58.3 Å². The maximum Gasteiger partial charge on any atom is 0.151 e. The molecule has 0 aliphatic carbocycles. The second-order valence-electron chi connectivity index (χ2n) is 5.38. The summed E-state index contributed by atoms with van der Waals surface area (Å²) in [6, 6.07) is 5.25. The van der Waals surface area contributed by atoms with Crippen LogP contribution in [0.2, 0.25) is 0 Å². The van der Waals surface area contributed by atoms with Crippen LogP contribution >= 0.6 is 0 Å². The molecule has 5 heteroatoms. The molecule has 18 heavy (non-hydrogen) atoms. The predicted octanol–water partition coefficient (Wildman–Crippen LogP) is 0.608. The van der Waals surface area contributed by atoms with Gasteiger partial charge in [-0.1, -0.05) is 0 Å². The molecule has 2 aliphatic heterocycles. The molecule has 0 aromatic carbocycles. The largest absolute Gasteiger partial charge is 0.350 e. The summed E-state index contributed by atoms with van der Waals surface area (Å²) < 4.78 is 0. The number of nitrogens with two attached hydrogens (primary N) is 1. The first-order valence-electron chi connectivity index (χ1n) is 6.81. The van der Waals surface area contributed by atoms with Crippen molar-refractivity contribution in [1.29, 1.82) is 0 Å². The van der Waals surface area contributed by atoms with Crippen molar-refractivity contribution in [2.75, 3.05) is 24.5 Å². The molecule has 2 N–H and O–H groups in total. The molecule has 1 aromatic heterocycles. The molecule has 0 amide bonds. The van der Waals surface area contributed by atoms with Crippen molar-refractivity contribution in [3.05, 3.63) is 17.8 Å². The minimum Gasteiger partial charge on any atom is -0.350 e. The van der Waals surface area contributed by atoms with E-state index in [1.165, 1.54) is 19.4 Å². The van der Waals surface area contributed by atoms with Gasteiger partial charge in [0.25, 0.3) is 0 Å². The number of aromatic nitrogens is 2. The van der Waals surface area contributed by atoms with E-state index in [9.17, 15) is 0 Å². The highest BCUT2D eigenvalue weighted by Crippen LogP contribution is 2.27. The summed E-state index contributed by atoms with van der Waals surface area (Å²) >= 11 is 0. The number of rotatable bonds is 2. The number of piperazine rings is 1. The monoisotopic (exact) mass is 247 g/mol. The highest BCUT2D eigenvalue weighted by Gasteiger charge is 2.34. The van der Waals surface area contributed by atoms with E-state index < -0.39 is 0 Å². The molecule has 2 saturated heterocycles. The molecule has 3 rings (SSSR count). The summed E-state index contributed by atoms with van der Waals surface area (Å²) in [7, 11) is 0. The minimum atomic E-state index is 0.458. The van der Waals surface area contributed by atoms with Crippen molar-refractivity contribution in [1.82, 2.24) is 15.1 Å². The lowest BCUT2D eigenvalue weighted by molar-refractivity contribution is 0.202. The van der Waals surface area contributed by atoms with Gasteiger partial charge in [0, 0.05) is 31.7 Å². The van der Waals surface area contributed by atoms with Crippen LogP contribution in [-0.2, 0) is 6.54 Å². The Bertz CT molecular complexity index is 404. The average Bonchev–Trinajstić information content (AvgIpc) is 2.85. The fourth-order valence-corrected chi connectivity index (χ4v) is 3.12. The molecule has 0 spiro atoms. The molecular formula is C13H21N5. The summed E-state index contributed by atoms with van der Waals surface area (Å²) in [6.45, 7) is 6.22. The van der Waals surface area contributed by atoms with Gasteiger partial charge < -0.3 is 10.6 Å². The van der Waals surface area contributed by atoms with Crippen LogP contribution < -0.4 is 10.6 Å². The van der Waals surface area contributed by atoms with E-state index in [4.69, 9.17) is 5.73 Å². The molecule has 98 valence electrons. The van der Waals surface area contributed by atoms with Gasteiger partial charge in [0.1, 0.15) is 0 Å². The van der Waals surface area contributed by atoms with Crippen LogP contribution in [0.4, 0.5) is 5.82 Å². The Morgan fingerprint density at radius 2 is 2.22 bits per heavy atom. The molecular weight excluding hydrogens is 226 g/mol. The fourth-order valence-electron chi connectivity index (χ4n) is 3.12. The maximum absolute atomic E-state index is 5.55. The van der Waals surface area contributed by atoms with E-state index >= 15 is 0 Å². The Kier molecular flexibility index (Phi) is 3.18. The van der Waals surface area contributed by atoms with Crippen LogP contribution in [0.15, 0.2) is 12.1 Å². The fraction of sp³-hybridized carbons (Fsp3) is 0.692. The Labute approximate surface area is 108 Å². The molecule has 2 unspecified atom stereocenters. The predicted molar refractivity (Wildman–Crippen MR) is 71.3 cm³/mol. The molecule has 2 aliphatic rings. The Morgan fingerprint density at radius 3 is 2.94 bits per heavy atom. The minimum absolute atomic E-state index is 0.458. The number of anilines is 1. The van der Waals surface area contributed by atoms with Crippen LogP contribution in [0.1, 0.15) is 25.5 Å². The zero-order valence-electron chi connectivity index (χ0n) is 10.9. The zero-order chi connectivity index (χ0) is 12.5. The lowest BCUT2D eigenvalue weighted by atomic mass is 10.1. The van der Waals surface area contributed by atoms with Gasteiger partial charge in [-0.2, -0.15) is 5.10 Å². The molecule has 5 nitrogen and oxygen atoms in total. The van der Waals surface area contributed by atoms with Gasteiger partial charge in [-0.05, 0) is 38.4 Å². The van der Waals surface area contributed by atoms with Gasteiger partial charge in [0.2, 0.25) is 0 Å². The average molecular weight is 247 g/mol. The van der Waals surface area contributed by atoms with E-state index in [2.05, 4.69) is 33.0 Å². The molecule has 2 atom stereocenters. The van der Waals surface area contributed by atoms with E-state index in [-0.39, 0.29) is 0 Å². The first-order chi connectivity index (χ1) is 8.78. The third-order valence-corrected chi connectivity index (χ3v) is 4.15. The second-order valence-corrected chi connectivity index (χ2v) is 5.38. The normalized spacial score (nSPS) is 28.4. The maximum atomic E-state index is 5.55. The van der Waals surface area contributed by atoms with E-state index in [0.29, 0.717) is 18.6 Å². The van der Waals surface area contributed by atoms with Gasteiger partial charge in [-0.15, -0.1) is 5.10 Å². The summed E-state index contributed by atoms with van der Waals surface area (Å²) in [4.78, 5) is 5.00. The Hall–Kier alpha value is -1.20. The van der Waals surface area contributed by atoms with Crippen molar-refractivity contribution < 1.29 is 0 Å². The number of hydrogen-bond acceptors (Lipinski definition) is 5. The standard InChI is InChI=1S/C13H21N5/c1-10-8-17-6-2-3-12(17)9-18(10)13-5-4-11(7-14)15-16-13/h4-5,10,12H,2-3,6-9,14H2,1H3. The molecule has 2 fully saturated rings. The van der Waals surface area contributed by atoms with Crippen LogP contribution in [0.3, 0.4) is 0 Å². The van der Waals surface area contributed by atoms with Crippen LogP contribution in [-0.4, -0.2) is 46.8 Å². The SMILES string of the molecule is CC1CN2CCCC2CN1c1ccc(CN)nn1. The highest BCUT2D eigenvalue weighted by atomic mass is 15.4. The van der Waals surface area contributed by atoms with E-state index in [1.54, 1.807) is 0 Å². The third-order valence-electron chi connectivity index (χ3n) is 4.15. The zero-order valence-corrected chi connectivity index (χ0v) is 10.9. The Balaban J connectivity index is 1.77. The molecule has 0 saturated carbocycles. The van der Waals surface area contributed by atoms with Crippen molar-refractivity contribution in [2.45, 2.75) is 38.4 Å². The van der Waals surface area contributed by atoms with Crippen molar-refractivity contribution >= 4 is 5.82 Å². The van der Waals surface area contributed by atoms with Crippen LogP contribution in [0.5, 0.6) is 0 Å². The Morgan fingerprint density at radius 1 is 1.33 bits per heavy atom. The summed E-state index contributed by atoms with van der Waals surface area (Å²) in [5, 5.41) is 8.48. The number of nitrogens with zero attached hydrogens (tertiary/aromatic N) is 4. The second kappa shape index (κ2) is 4.82. The lowest BCUT2D eigenvalue weighted by Crippen LogP contribution is -2.55. The van der Waals surface area contributed by atoms with Crippen LogP contribution in [0, 0.1) is 0 Å². The number of hydrogen-bond donors (Lipinski definition) is 1. The van der Waals surface area contributed by atoms with E-state index in [0.717, 1.165) is 24.6 Å². The van der Waals surface area contributed by atoms with E-state index in [1.807, 2.05) is 6.07 Å². The summed E-state index contributed by atoms with van der Waals surface area (Å²) in [5.74, 6) is 0.992. The molecule has 0 radical (unpaired) electrons. The third kappa shape index (κ3) is 2.08. The van der Waals surface area contributed by atoms with Gasteiger partial charge in [-0.25, -0.2) is 0 Å². The molecule has 0 bridgehead atoms. The lowest BCUT2D eigenvalue weighted by Gasteiger charge is -2.42. The number of fused-ring (bicyclic) bond motifs is 1. The van der Waals surface area contributed by atoms with Crippen molar-refractivity contribution in [3.63, 3.8) is 0 Å². The first kappa shape index (κ1) is 11.9. The van der Waals surface area contributed by atoms with Gasteiger partial charge >= 0.3 is 0 Å². The summed E-state index contributed by atoms with van der Waals surface area (Å²) in [6.07, 6.45) is 2.65. The van der Waals surface area contributed by atoms with Gasteiger partial charge in [0.05, 0.1) is 5.69 Å². The summed E-state index contributed by atoms with van der Waals surface area (Å²) in [5.41, 5.74) is 6.41. The molecule has 1 aromatic rings. The smallest absolute Gasteiger partial charge is 0.151 e. The first-order valence-corrected chi connectivity index (χ1v) is 6.81. The van der Waals surface area contributed by atoms with Crippen LogP contribution in [0.25, 0.3) is 0 Å². The van der Waals surface area contributed by atoms with Gasteiger partial charge in [0.15, 0.2) is 5.82 Å². The quantitative estimate of drug-likeness (QED) is 0.829. The van der Waals surface area contributed by atoms with Crippen molar-refractivity contribution in [2.24, 2.45) is 5.73 Å².